The molecule has 1 saturated carbocycles. The first-order valence-corrected chi connectivity index (χ1v) is 8.74. The molecule has 1 aliphatic carbocycles. The molecule has 2 N–H and O–H groups in total. The van der Waals surface area contributed by atoms with E-state index in [1.54, 1.807) is 7.05 Å². The van der Waals surface area contributed by atoms with Crippen LogP contribution in [0.25, 0.3) is 0 Å². The van der Waals surface area contributed by atoms with Gasteiger partial charge < -0.3 is 5.32 Å². The van der Waals surface area contributed by atoms with Crippen molar-refractivity contribution in [2.45, 2.75) is 64.5 Å². The van der Waals surface area contributed by atoms with Crippen LogP contribution in [0.3, 0.4) is 0 Å². The summed E-state index contributed by atoms with van der Waals surface area (Å²) in [6, 6.07) is 0.443. The second kappa shape index (κ2) is 7.02. The maximum absolute atomic E-state index is 12.2. The molecular weight excluding hydrogens is 262 g/mol. The highest BCUT2D eigenvalue weighted by Crippen LogP contribution is 2.35. The highest BCUT2D eigenvalue weighted by atomic mass is 32.2. The second-order valence-electron chi connectivity index (χ2n) is 5.88. The van der Waals surface area contributed by atoms with E-state index in [2.05, 4.69) is 23.9 Å². The third kappa shape index (κ3) is 5.02. The summed E-state index contributed by atoms with van der Waals surface area (Å²) in [5, 5.41) is 3.29. The van der Waals surface area contributed by atoms with E-state index in [9.17, 15) is 8.42 Å². The molecule has 0 aromatic heterocycles. The lowest BCUT2D eigenvalue weighted by Gasteiger charge is -2.42. The van der Waals surface area contributed by atoms with Crippen LogP contribution in [0.1, 0.15) is 52.9 Å². The highest BCUT2D eigenvalue weighted by molar-refractivity contribution is 7.87. The number of nitrogens with zero attached hydrogens (tertiary/aromatic N) is 1. The fourth-order valence-electron chi connectivity index (χ4n) is 2.30. The fourth-order valence-corrected chi connectivity index (χ4v) is 3.72. The van der Waals surface area contributed by atoms with Gasteiger partial charge >= 0.3 is 0 Å². The molecule has 0 radical (unpaired) electrons. The first-order valence-electron chi connectivity index (χ1n) is 7.30. The van der Waals surface area contributed by atoms with E-state index in [4.69, 9.17) is 0 Å². The molecule has 0 heterocycles. The van der Waals surface area contributed by atoms with Gasteiger partial charge in [-0.25, -0.2) is 0 Å². The molecule has 0 atom stereocenters. The minimum absolute atomic E-state index is 0.177. The van der Waals surface area contributed by atoms with Gasteiger partial charge in [0.15, 0.2) is 0 Å². The standard InChI is InChI=1S/C13H29N3O2S/c1-5-13(8-6-9-13)15-19(17,18)16(4)11-7-10-14-12(2)3/h12,14-15H,5-11H2,1-4H3. The lowest BCUT2D eigenvalue weighted by molar-refractivity contribution is 0.209. The van der Waals surface area contributed by atoms with Gasteiger partial charge in [-0.3, -0.25) is 0 Å². The smallest absolute Gasteiger partial charge is 0.279 e. The summed E-state index contributed by atoms with van der Waals surface area (Å²) in [7, 11) is -1.68. The summed E-state index contributed by atoms with van der Waals surface area (Å²) in [6.45, 7) is 7.62. The average Bonchev–Trinajstić information content (AvgIpc) is 2.29. The molecule has 6 heteroatoms. The lowest BCUT2D eigenvalue weighted by atomic mass is 9.76. The van der Waals surface area contributed by atoms with Crippen molar-refractivity contribution in [3.8, 4) is 0 Å². The lowest BCUT2D eigenvalue weighted by Crippen LogP contribution is -2.56. The Morgan fingerprint density at radius 3 is 2.37 bits per heavy atom. The summed E-state index contributed by atoms with van der Waals surface area (Å²) in [6.07, 6.45) is 4.75. The molecule has 0 aliphatic heterocycles. The monoisotopic (exact) mass is 291 g/mol. The Kier molecular flexibility index (Phi) is 6.23. The van der Waals surface area contributed by atoms with E-state index in [1.807, 2.05) is 6.92 Å². The predicted molar refractivity (Wildman–Crippen MR) is 79.3 cm³/mol. The third-order valence-electron chi connectivity index (χ3n) is 3.95. The molecule has 5 nitrogen and oxygen atoms in total. The minimum atomic E-state index is -3.34. The molecule has 1 aliphatic rings. The van der Waals surface area contributed by atoms with Gasteiger partial charge in [0.2, 0.25) is 0 Å². The van der Waals surface area contributed by atoms with E-state index in [-0.39, 0.29) is 5.54 Å². The van der Waals surface area contributed by atoms with E-state index >= 15 is 0 Å². The predicted octanol–water partition coefficient (Wildman–Crippen LogP) is 1.47. The molecule has 1 rings (SSSR count). The Bertz CT molecular complexity index is 359. The van der Waals surface area contributed by atoms with Crippen LogP contribution in [0.15, 0.2) is 0 Å². The van der Waals surface area contributed by atoms with E-state index < -0.39 is 10.2 Å². The number of rotatable bonds is 9. The second-order valence-corrected chi connectivity index (χ2v) is 7.66. The third-order valence-corrected chi connectivity index (χ3v) is 5.64. The molecule has 114 valence electrons. The summed E-state index contributed by atoms with van der Waals surface area (Å²) >= 11 is 0. The molecule has 0 aromatic carbocycles. The maximum Gasteiger partial charge on any atom is 0.279 e. The summed E-state index contributed by atoms with van der Waals surface area (Å²) in [4.78, 5) is 0. The van der Waals surface area contributed by atoms with Crippen LogP contribution in [0.4, 0.5) is 0 Å². The van der Waals surface area contributed by atoms with Crippen molar-refractivity contribution in [2.75, 3.05) is 20.1 Å². The van der Waals surface area contributed by atoms with Gasteiger partial charge in [0.05, 0.1) is 0 Å². The van der Waals surface area contributed by atoms with Crippen LogP contribution in [0.5, 0.6) is 0 Å². The number of nitrogens with one attached hydrogen (secondary N) is 2. The molecule has 0 aromatic rings. The van der Waals surface area contributed by atoms with E-state index in [0.717, 1.165) is 38.6 Å². The van der Waals surface area contributed by atoms with Crippen LogP contribution in [-0.2, 0) is 10.2 Å². The van der Waals surface area contributed by atoms with Gasteiger partial charge in [-0.1, -0.05) is 20.8 Å². The minimum Gasteiger partial charge on any atom is -0.314 e. The van der Waals surface area contributed by atoms with Gasteiger partial charge in [-0.2, -0.15) is 17.4 Å². The van der Waals surface area contributed by atoms with Gasteiger partial charge in [-0.05, 0) is 38.6 Å². The zero-order valence-electron chi connectivity index (χ0n) is 12.7. The molecule has 0 unspecified atom stereocenters. The van der Waals surface area contributed by atoms with Crippen molar-refractivity contribution in [1.82, 2.24) is 14.3 Å². The zero-order valence-corrected chi connectivity index (χ0v) is 13.5. The quantitative estimate of drug-likeness (QED) is 0.633. The van der Waals surface area contributed by atoms with Crippen molar-refractivity contribution >= 4 is 10.2 Å². The van der Waals surface area contributed by atoms with Crippen molar-refractivity contribution in [1.29, 1.82) is 0 Å². The van der Waals surface area contributed by atoms with Gasteiger partial charge in [0.25, 0.3) is 10.2 Å². The first kappa shape index (κ1) is 16.9. The molecule has 1 fully saturated rings. The zero-order chi connectivity index (χ0) is 14.5. The first-order chi connectivity index (χ1) is 8.81. The van der Waals surface area contributed by atoms with Crippen LogP contribution in [0, 0.1) is 0 Å². The average molecular weight is 291 g/mol. The van der Waals surface area contributed by atoms with Crippen molar-refractivity contribution in [3.63, 3.8) is 0 Å². The van der Waals surface area contributed by atoms with Gasteiger partial charge in [0.1, 0.15) is 0 Å². The number of hydrogen-bond acceptors (Lipinski definition) is 3. The van der Waals surface area contributed by atoms with Gasteiger partial charge in [-0.15, -0.1) is 0 Å². The maximum atomic E-state index is 12.2. The summed E-state index contributed by atoms with van der Waals surface area (Å²) < 4.78 is 28.8. The highest BCUT2D eigenvalue weighted by Gasteiger charge is 2.39. The topological polar surface area (TPSA) is 61.4 Å². The Morgan fingerprint density at radius 1 is 1.32 bits per heavy atom. The SMILES string of the molecule is CCC1(NS(=O)(=O)N(C)CCCNC(C)C)CCC1. The summed E-state index contributed by atoms with van der Waals surface area (Å²) in [5.41, 5.74) is -0.177. The Hall–Kier alpha value is -0.170. The Labute approximate surface area is 118 Å². The number of hydrogen-bond donors (Lipinski definition) is 2. The molecule has 19 heavy (non-hydrogen) atoms. The van der Waals surface area contributed by atoms with E-state index in [1.165, 1.54) is 4.31 Å². The van der Waals surface area contributed by atoms with E-state index in [0.29, 0.717) is 12.6 Å². The molecular formula is C13H29N3O2S. The normalized spacial score (nSPS) is 18.8. The van der Waals surface area contributed by atoms with Crippen LogP contribution < -0.4 is 10.0 Å². The van der Waals surface area contributed by atoms with Crippen molar-refractivity contribution in [2.24, 2.45) is 0 Å². The molecule has 0 saturated heterocycles. The van der Waals surface area contributed by atoms with Crippen LogP contribution in [-0.4, -0.2) is 44.4 Å². The van der Waals surface area contributed by atoms with Crippen molar-refractivity contribution < 1.29 is 8.42 Å². The molecule has 0 amide bonds. The van der Waals surface area contributed by atoms with Crippen LogP contribution >= 0.6 is 0 Å². The Balaban J connectivity index is 2.39. The fraction of sp³-hybridized carbons (Fsp3) is 1.00. The van der Waals surface area contributed by atoms with Crippen molar-refractivity contribution in [3.05, 3.63) is 0 Å². The van der Waals surface area contributed by atoms with Gasteiger partial charge in [0, 0.05) is 25.2 Å². The largest absolute Gasteiger partial charge is 0.314 e. The Morgan fingerprint density at radius 2 is 1.95 bits per heavy atom. The van der Waals surface area contributed by atoms with Crippen LogP contribution in [0.2, 0.25) is 0 Å². The summed E-state index contributed by atoms with van der Waals surface area (Å²) in [5.74, 6) is 0. The molecule has 0 spiro atoms. The molecule has 0 bridgehead atoms.